The predicted octanol–water partition coefficient (Wildman–Crippen LogP) is -0.536. The number of ether oxygens (including phenoxy) is 1. The number of piperazine rings is 1. The molecular formula is C18H20BN4O5. The number of hydrogen-bond donors (Lipinski definition) is 3. The number of rotatable bonds is 4. The minimum atomic E-state index is -0.289. The smallest absolute Gasteiger partial charge is 0.331 e. The van der Waals surface area contributed by atoms with E-state index in [4.69, 9.17) is 9.39 Å². The molecule has 9 nitrogen and oxygen atoms in total. The molecule has 1 amide bonds. The highest BCUT2D eigenvalue weighted by molar-refractivity contribution is 6.49. The van der Waals surface area contributed by atoms with Crippen molar-refractivity contribution < 1.29 is 24.4 Å². The maximum Gasteiger partial charge on any atom is 0.331 e. The van der Waals surface area contributed by atoms with Gasteiger partial charge < -0.3 is 29.8 Å². The maximum absolute atomic E-state index is 12.7. The Balaban J connectivity index is 1.52. The lowest BCUT2D eigenvalue weighted by Crippen LogP contribution is -2.55. The van der Waals surface area contributed by atoms with E-state index in [-0.39, 0.29) is 41.6 Å². The van der Waals surface area contributed by atoms with E-state index >= 15 is 0 Å². The zero-order valence-corrected chi connectivity index (χ0v) is 15.4. The molecule has 0 unspecified atom stereocenters. The molecule has 1 fully saturated rings. The van der Waals surface area contributed by atoms with Crippen LogP contribution in [0.1, 0.15) is 21.6 Å². The summed E-state index contributed by atoms with van der Waals surface area (Å²) in [7, 11) is 1.63. The molecule has 0 bridgehead atoms. The Morgan fingerprint density at radius 2 is 2.32 bits per heavy atom. The number of nitrogens with zero attached hydrogens (tertiary/aromatic N) is 3. The highest BCUT2D eigenvalue weighted by Gasteiger charge is 2.28. The number of nitrogens with one attached hydrogen (secondary N) is 1. The summed E-state index contributed by atoms with van der Waals surface area (Å²) in [5.74, 6) is 0.135. The van der Waals surface area contributed by atoms with Crippen molar-refractivity contribution in [1.29, 1.82) is 0 Å². The van der Waals surface area contributed by atoms with Gasteiger partial charge in [-0.2, -0.15) is 0 Å². The average Bonchev–Trinajstić information content (AvgIpc) is 3.19. The molecule has 1 radical (unpaired) electrons. The van der Waals surface area contributed by atoms with E-state index in [1.807, 2.05) is 6.92 Å². The van der Waals surface area contributed by atoms with Gasteiger partial charge in [-0.1, -0.05) is 0 Å². The summed E-state index contributed by atoms with van der Waals surface area (Å²) >= 11 is 0. The lowest BCUT2D eigenvalue weighted by molar-refractivity contribution is 0.0530. The van der Waals surface area contributed by atoms with Gasteiger partial charge in [0.15, 0.2) is 11.5 Å². The van der Waals surface area contributed by atoms with Crippen LogP contribution < -0.4 is 15.5 Å². The summed E-state index contributed by atoms with van der Waals surface area (Å²) < 4.78 is 11.0. The molecule has 2 aromatic rings. The summed E-state index contributed by atoms with van der Waals surface area (Å²) in [5, 5.41) is 22.9. The first-order valence-corrected chi connectivity index (χ1v) is 9.01. The highest BCUT2D eigenvalue weighted by atomic mass is 16.5. The second-order valence-electron chi connectivity index (χ2n) is 6.73. The van der Waals surface area contributed by atoms with Crippen LogP contribution >= 0.6 is 0 Å². The van der Waals surface area contributed by atoms with Crippen LogP contribution in [0.5, 0.6) is 17.4 Å². The Morgan fingerprint density at radius 1 is 1.46 bits per heavy atom. The third-order valence-electron chi connectivity index (χ3n) is 4.95. The number of aromatic nitrogens is 2. The molecule has 2 aliphatic heterocycles. The van der Waals surface area contributed by atoms with Crippen LogP contribution in [-0.2, 0) is 11.3 Å². The van der Waals surface area contributed by atoms with E-state index in [0.717, 1.165) is 16.6 Å². The molecular weight excluding hydrogens is 363 g/mol. The van der Waals surface area contributed by atoms with Gasteiger partial charge in [-0.3, -0.25) is 4.79 Å². The van der Waals surface area contributed by atoms with Crippen molar-refractivity contribution in [3.63, 3.8) is 0 Å². The van der Waals surface area contributed by atoms with Gasteiger partial charge >= 0.3 is 7.48 Å². The topological polar surface area (TPSA) is 117 Å². The molecule has 1 aromatic heterocycles. The third-order valence-corrected chi connectivity index (χ3v) is 4.95. The highest BCUT2D eigenvalue weighted by Crippen LogP contribution is 2.34. The van der Waals surface area contributed by atoms with E-state index in [2.05, 4.69) is 15.3 Å². The molecule has 1 saturated heterocycles. The molecule has 1 atom stereocenters. The quantitative estimate of drug-likeness (QED) is 0.603. The van der Waals surface area contributed by atoms with Gasteiger partial charge in [0, 0.05) is 19.6 Å². The van der Waals surface area contributed by atoms with Crippen molar-refractivity contribution >= 4 is 18.9 Å². The minimum Gasteiger partial charge on any atom is -0.504 e. The summed E-state index contributed by atoms with van der Waals surface area (Å²) in [5.41, 5.74) is 2.68. The number of hydrogen-bond acceptors (Lipinski definition) is 8. The number of carbonyl (C=O) groups is 1. The molecule has 2 aliphatic rings. The monoisotopic (exact) mass is 383 g/mol. The first-order valence-electron chi connectivity index (χ1n) is 9.01. The van der Waals surface area contributed by atoms with Crippen LogP contribution in [0.3, 0.4) is 0 Å². The Morgan fingerprint density at radius 3 is 3.07 bits per heavy atom. The van der Waals surface area contributed by atoms with E-state index < -0.39 is 0 Å². The van der Waals surface area contributed by atoms with Gasteiger partial charge in [0.25, 0.3) is 5.91 Å². The number of benzene rings is 1. The van der Waals surface area contributed by atoms with Crippen molar-refractivity contribution in [2.24, 2.45) is 0 Å². The molecule has 3 N–H and O–H groups in total. The lowest BCUT2D eigenvalue weighted by Gasteiger charge is -2.34. The number of phenols is 1. The SMILES string of the molecule is Cc1c2c(cc(O)c1Oc1cnc(C(=O)N3CCNC[C@@H]3CO)cn1)CO[B]2. The number of aromatic hydroxyl groups is 1. The minimum absolute atomic E-state index is 0.0105. The summed E-state index contributed by atoms with van der Waals surface area (Å²) in [6, 6.07) is 1.31. The summed E-state index contributed by atoms with van der Waals surface area (Å²) in [4.78, 5) is 22.6. The van der Waals surface area contributed by atoms with Crippen LogP contribution in [0.25, 0.3) is 0 Å². The molecule has 0 spiro atoms. The molecule has 0 aliphatic carbocycles. The van der Waals surface area contributed by atoms with Crippen molar-refractivity contribution in [2.45, 2.75) is 19.6 Å². The van der Waals surface area contributed by atoms with Crippen molar-refractivity contribution in [2.75, 3.05) is 26.2 Å². The fourth-order valence-corrected chi connectivity index (χ4v) is 3.41. The Bertz CT molecular complexity index is 893. The Hall–Kier alpha value is -2.69. The van der Waals surface area contributed by atoms with E-state index in [0.29, 0.717) is 26.2 Å². The molecule has 4 rings (SSSR count). The van der Waals surface area contributed by atoms with Gasteiger partial charge in [-0.15, -0.1) is 0 Å². The van der Waals surface area contributed by atoms with E-state index in [1.165, 1.54) is 12.4 Å². The maximum atomic E-state index is 12.7. The predicted molar refractivity (Wildman–Crippen MR) is 99.9 cm³/mol. The van der Waals surface area contributed by atoms with Crippen LogP contribution in [0.4, 0.5) is 0 Å². The van der Waals surface area contributed by atoms with Gasteiger partial charge in [0.05, 0.1) is 31.6 Å². The van der Waals surface area contributed by atoms with Gasteiger partial charge in [0.2, 0.25) is 5.88 Å². The number of aliphatic hydroxyl groups is 1. The van der Waals surface area contributed by atoms with Crippen LogP contribution in [-0.4, -0.2) is 70.8 Å². The number of phenolic OH excluding ortho intramolecular Hbond substituents is 1. The van der Waals surface area contributed by atoms with Crippen LogP contribution in [0, 0.1) is 6.92 Å². The van der Waals surface area contributed by atoms with Crippen molar-refractivity contribution in [3.05, 3.63) is 35.3 Å². The molecule has 0 saturated carbocycles. The zero-order chi connectivity index (χ0) is 19.7. The number of fused-ring (bicyclic) bond motifs is 1. The summed E-state index contributed by atoms with van der Waals surface area (Å²) in [6.07, 6.45) is 2.68. The van der Waals surface area contributed by atoms with E-state index in [1.54, 1.807) is 18.4 Å². The van der Waals surface area contributed by atoms with Crippen molar-refractivity contribution in [3.8, 4) is 17.4 Å². The standard InChI is InChI=1S/C18H20BN4O5/c1-10-16-11(9-27-19-16)4-14(25)17(10)28-15-7-21-13(6-22-15)18(26)23-3-2-20-5-12(23)8-24/h4,6-7,12,20,24-25H,2-3,5,8-9H2,1H3/t12-/m1/s1. The molecule has 28 heavy (non-hydrogen) atoms. The largest absolute Gasteiger partial charge is 0.504 e. The average molecular weight is 383 g/mol. The Kier molecular flexibility index (Phi) is 5.16. The zero-order valence-electron chi connectivity index (χ0n) is 15.4. The molecule has 1 aromatic carbocycles. The first kappa shape index (κ1) is 18.7. The first-order chi connectivity index (χ1) is 13.6. The number of carbonyl (C=O) groups excluding carboxylic acids is 1. The van der Waals surface area contributed by atoms with Gasteiger partial charge in [-0.05, 0) is 29.6 Å². The number of amides is 1. The van der Waals surface area contributed by atoms with E-state index in [9.17, 15) is 15.0 Å². The van der Waals surface area contributed by atoms with Gasteiger partial charge in [-0.25, -0.2) is 9.97 Å². The second kappa shape index (κ2) is 7.74. The summed E-state index contributed by atoms with van der Waals surface area (Å²) in [6.45, 7) is 3.81. The third kappa shape index (κ3) is 3.41. The number of aliphatic hydroxyl groups excluding tert-OH is 1. The fourth-order valence-electron chi connectivity index (χ4n) is 3.41. The van der Waals surface area contributed by atoms with Crippen LogP contribution in [0.15, 0.2) is 18.5 Å². The van der Waals surface area contributed by atoms with Crippen LogP contribution in [0.2, 0.25) is 0 Å². The van der Waals surface area contributed by atoms with Crippen molar-refractivity contribution in [1.82, 2.24) is 20.2 Å². The molecule has 10 heteroatoms. The normalized spacial score (nSPS) is 18.5. The molecule has 3 heterocycles. The van der Waals surface area contributed by atoms with Gasteiger partial charge in [0.1, 0.15) is 5.69 Å². The Labute approximate surface area is 162 Å². The second-order valence-corrected chi connectivity index (χ2v) is 6.73. The fraction of sp³-hybridized carbons (Fsp3) is 0.389. The lowest BCUT2D eigenvalue weighted by atomic mass is 9.83. The molecule has 145 valence electrons.